The van der Waals surface area contributed by atoms with Gasteiger partial charge in [0.1, 0.15) is 0 Å². The van der Waals surface area contributed by atoms with E-state index in [1.54, 1.807) is 14.2 Å². The van der Waals surface area contributed by atoms with Crippen molar-refractivity contribution in [3.8, 4) is 11.5 Å². The van der Waals surface area contributed by atoms with E-state index in [1.165, 1.54) is 0 Å². The zero-order valence-corrected chi connectivity index (χ0v) is 13.2. The standard InChI is InChI=1S/C16H24N2O4/c1-20-13-4-3-12(9-14(13)21-2)10-18-15(19)16(11-17)5-7-22-8-6-16/h3-4,9H,5-8,10-11,17H2,1-2H3,(H,18,19). The number of nitrogens with one attached hydrogen (secondary N) is 1. The molecule has 1 aromatic rings. The maximum atomic E-state index is 12.5. The molecule has 1 fully saturated rings. The van der Waals surface area contributed by atoms with Crippen LogP contribution in [-0.4, -0.2) is 39.9 Å². The molecule has 0 bridgehead atoms. The molecule has 2 rings (SSSR count). The van der Waals surface area contributed by atoms with Crippen LogP contribution in [0.5, 0.6) is 11.5 Å². The lowest BCUT2D eigenvalue weighted by molar-refractivity contribution is -0.136. The van der Waals surface area contributed by atoms with E-state index in [-0.39, 0.29) is 5.91 Å². The van der Waals surface area contributed by atoms with Crippen LogP contribution in [0.15, 0.2) is 18.2 Å². The average Bonchev–Trinajstić information content (AvgIpc) is 2.59. The van der Waals surface area contributed by atoms with E-state index in [4.69, 9.17) is 19.9 Å². The van der Waals surface area contributed by atoms with Gasteiger partial charge in [0.05, 0.1) is 19.6 Å². The lowest BCUT2D eigenvalue weighted by atomic mass is 9.79. The average molecular weight is 308 g/mol. The van der Waals surface area contributed by atoms with E-state index in [0.717, 1.165) is 5.56 Å². The summed E-state index contributed by atoms with van der Waals surface area (Å²) in [6.07, 6.45) is 1.34. The van der Waals surface area contributed by atoms with Gasteiger partial charge < -0.3 is 25.3 Å². The van der Waals surface area contributed by atoms with Gasteiger partial charge in [0, 0.05) is 26.3 Å². The normalized spacial score (nSPS) is 16.9. The topological polar surface area (TPSA) is 82.8 Å². The van der Waals surface area contributed by atoms with Crippen LogP contribution < -0.4 is 20.5 Å². The smallest absolute Gasteiger partial charge is 0.227 e. The van der Waals surface area contributed by atoms with E-state index < -0.39 is 5.41 Å². The van der Waals surface area contributed by atoms with Gasteiger partial charge in [0.25, 0.3) is 0 Å². The maximum Gasteiger partial charge on any atom is 0.227 e. The summed E-state index contributed by atoms with van der Waals surface area (Å²) in [6.45, 7) is 1.94. The summed E-state index contributed by atoms with van der Waals surface area (Å²) in [4.78, 5) is 12.5. The van der Waals surface area contributed by atoms with Gasteiger partial charge in [0.15, 0.2) is 11.5 Å². The predicted octanol–water partition coefficient (Wildman–Crippen LogP) is 1.08. The third kappa shape index (κ3) is 3.51. The van der Waals surface area contributed by atoms with E-state index >= 15 is 0 Å². The van der Waals surface area contributed by atoms with Crippen molar-refractivity contribution in [3.63, 3.8) is 0 Å². The summed E-state index contributed by atoms with van der Waals surface area (Å²) in [5, 5.41) is 2.98. The Labute approximate surface area is 130 Å². The molecule has 1 amide bonds. The second kappa shape index (κ2) is 7.47. The lowest BCUT2D eigenvalue weighted by Crippen LogP contribution is -2.48. The highest BCUT2D eigenvalue weighted by Gasteiger charge is 2.38. The molecule has 6 nitrogen and oxygen atoms in total. The van der Waals surface area contributed by atoms with Crippen LogP contribution >= 0.6 is 0 Å². The molecule has 0 aliphatic carbocycles. The van der Waals surface area contributed by atoms with E-state index in [2.05, 4.69) is 5.32 Å². The Morgan fingerprint density at radius 2 is 1.95 bits per heavy atom. The molecule has 22 heavy (non-hydrogen) atoms. The van der Waals surface area contributed by atoms with Crippen LogP contribution in [-0.2, 0) is 16.1 Å². The van der Waals surface area contributed by atoms with Crippen molar-refractivity contribution in [2.75, 3.05) is 34.0 Å². The van der Waals surface area contributed by atoms with Crippen LogP contribution in [0, 0.1) is 5.41 Å². The molecule has 1 heterocycles. The number of hydrogen-bond donors (Lipinski definition) is 2. The van der Waals surface area contributed by atoms with Gasteiger partial charge in [-0.2, -0.15) is 0 Å². The lowest BCUT2D eigenvalue weighted by Gasteiger charge is -2.34. The van der Waals surface area contributed by atoms with Crippen molar-refractivity contribution >= 4 is 5.91 Å². The number of nitrogens with two attached hydrogens (primary N) is 1. The molecule has 1 aromatic carbocycles. The van der Waals surface area contributed by atoms with Crippen LogP contribution in [0.3, 0.4) is 0 Å². The minimum absolute atomic E-state index is 0.00640. The van der Waals surface area contributed by atoms with Gasteiger partial charge in [-0.15, -0.1) is 0 Å². The molecule has 0 aromatic heterocycles. The molecule has 1 aliphatic heterocycles. The van der Waals surface area contributed by atoms with Gasteiger partial charge in [-0.1, -0.05) is 6.07 Å². The molecular weight excluding hydrogens is 284 g/mol. The van der Waals surface area contributed by atoms with Crippen molar-refractivity contribution in [2.45, 2.75) is 19.4 Å². The van der Waals surface area contributed by atoms with E-state index in [0.29, 0.717) is 50.6 Å². The molecule has 1 saturated heterocycles. The van der Waals surface area contributed by atoms with Gasteiger partial charge in [0.2, 0.25) is 5.91 Å². The predicted molar refractivity (Wildman–Crippen MR) is 82.9 cm³/mol. The Kier molecular flexibility index (Phi) is 5.63. The summed E-state index contributed by atoms with van der Waals surface area (Å²) in [6, 6.07) is 5.59. The minimum Gasteiger partial charge on any atom is -0.493 e. The maximum absolute atomic E-state index is 12.5. The highest BCUT2D eigenvalue weighted by molar-refractivity contribution is 5.83. The van der Waals surface area contributed by atoms with Gasteiger partial charge in [-0.05, 0) is 30.5 Å². The highest BCUT2D eigenvalue weighted by Crippen LogP contribution is 2.30. The molecule has 3 N–H and O–H groups in total. The quantitative estimate of drug-likeness (QED) is 0.821. The molecule has 122 valence electrons. The van der Waals surface area contributed by atoms with Crippen LogP contribution in [0.25, 0.3) is 0 Å². The van der Waals surface area contributed by atoms with Crippen molar-refractivity contribution in [3.05, 3.63) is 23.8 Å². The van der Waals surface area contributed by atoms with E-state index in [9.17, 15) is 4.79 Å². The molecule has 0 radical (unpaired) electrons. The van der Waals surface area contributed by atoms with Crippen LogP contribution in [0.2, 0.25) is 0 Å². The molecule has 0 saturated carbocycles. The zero-order valence-electron chi connectivity index (χ0n) is 13.2. The summed E-state index contributed by atoms with van der Waals surface area (Å²) >= 11 is 0. The number of hydrogen-bond acceptors (Lipinski definition) is 5. The Balaban J connectivity index is 2.01. The Morgan fingerprint density at radius 3 is 2.55 bits per heavy atom. The van der Waals surface area contributed by atoms with Gasteiger partial charge in [-0.3, -0.25) is 4.79 Å². The SMILES string of the molecule is COc1ccc(CNC(=O)C2(CN)CCOCC2)cc1OC. The van der Waals surface area contributed by atoms with Crippen LogP contribution in [0.4, 0.5) is 0 Å². The third-order valence-corrected chi connectivity index (χ3v) is 4.22. The first-order valence-corrected chi connectivity index (χ1v) is 7.42. The minimum atomic E-state index is -0.505. The van der Waals surface area contributed by atoms with Crippen molar-refractivity contribution in [2.24, 2.45) is 11.1 Å². The molecule has 1 aliphatic rings. The largest absolute Gasteiger partial charge is 0.493 e. The number of carbonyl (C=O) groups is 1. The van der Waals surface area contributed by atoms with Crippen molar-refractivity contribution in [1.29, 1.82) is 0 Å². The second-order valence-electron chi connectivity index (χ2n) is 5.47. The first-order chi connectivity index (χ1) is 10.6. The van der Waals surface area contributed by atoms with Crippen molar-refractivity contribution < 1.29 is 19.0 Å². The third-order valence-electron chi connectivity index (χ3n) is 4.22. The summed E-state index contributed by atoms with van der Waals surface area (Å²) in [5.41, 5.74) is 6.28. The number of amides is 1. The fourth-order valence-corrected chi connectivity index (χ4v) is 2.65. The summed E-state index contributed by atoms with van der Waals surface area (Å²) in [7, 11) is 3.18. The number of ether oxygens (including phenoxy) is 3. The Hall–Kier alpha value is -1.79. The Morgan fingerprint density at radius 1 is 1.27 bits per heavy atom. The fourth-order valence-electron chi connectivity index (χ4n) is 2.65. The van der Waals surface area contributed by atoms with Gasteiger partial charge in [-0.25, -0.2) is 0 Å². The number of rotatable bonds is 6. The zero-order chi connectivity index (χ0) is 16.0. The number of carbonyl (C=O) groups excluding carboxylic acids is 1. The molecular formula is C16H24N2O4. The monoisotopic (exact) mass is 308 g/mol. The second-order valence-corrected chi connectivity index (χ2v) is 5.47. The summed E-state index contributed by atoms with van der Waals surface area (Å²) in [5.74, 6) is 1.31. The molecule has 0 spiro atoms. The highest BCUT2D eigenvalue weighted by atomic mass is 16.5. The summed E-state index contributed by atoms with van der Waals surface area (Å²) < 4.78 is 15.8. The van der Waals surface area contributed by atoms with Gasteiger partial charge >= 0.3 is 0 Å². The van der Waals surface area contributed by atoms with Crippen molar-refractivity contribution in [1.82, 2.24) is 5.32 Å². The molecule has 0 atom stereocenters. The number of benzene rings is 1. The number of methoxy groups -OCH3 is 2. The fraction of sp³-hybridized carbons (Fsp3) is 0.562. The van der Waals surface area contributed by atoms with E-state index in [1.807, 2.05) is 18.2 Å². The molecule has 0 unspecified atom stereocenters. The first kappa shape index (κ1) is 16.6. The Bertz CT molecular complexity index is 513. The first-order valence-electron chi connectivity index (χ1n) is 7.42. The van der Waals surface area contributed by atoms with Crippen LogP contribution in [0.1, 0.15) is 18.4 Å². The molecule has 6 heteroatoms.